The third-order valence-corrected chi connectivity index (χ3v) is 4.19. The highest BCUT2D eigenvalue weighted by Crippen LogP contribution is 2.19. The maximum atomic E-state index is 12.2. The normalized spacial score (nSPS) is 14.7. The van der Waals surface area contributed by atoms with Crippen molar-refractivity contribution >= 4 is 16.7 Å². The fourth-order valence-corrected chi connectivity index (χ4v) is 2.27. The minimum absolute atomic E-state index is 0.0688. The summed E-state index contributed by atoms with van der Waals surface area (Å²) in [5.41, 5.74) is 6.72. The SMILES string of the molecule is CN(Cc1ccc(S(C)=O)cc1)C(=O)[C@@H](N)C(C)(C)C. The van der Waals surface area contributed by atoms with Gasteiger partial charge in [0.05, 0.1) is 6.04 Å². The summed E-state index contributed by atoms with van der Waals surface area (Å²) in [5.74, 6) is -0.0688. The van der Waals surface area contributed by atoms with Crippen molar-refractivity contribution in [1.82, 2.24) is 4.90 Å². The zero-order valence-corrected chi connectivity index (χ0v) is 13.7. The van der Waals surface area contributed by atoms with Crippen LogP contribution >= 0.6 is 0 Å². The molecule has 0 aliphatic rings. The zero-order valence-electron chi connectivity index (χ0n) is 12.8. The summed E-state index contributed by atoms with van der Waals surface area (Å²) < 4.78 is 11.3. The number of hydrogen-bond acceptors (Lipinski definition) is 3. The van der Waals surface area contributed by atoms with E-state index in [1.807, 2.05) is 45.0 Å². The first-order valence-electron chi connectivity index (χ1n) is 6.56. The number of hydrogen-bond donors (Lipinski definition) is 1. The third-order valence-electron chi connectivity index (χ3n) is 3.25. The van der Waals surface area contributed by atoms with Crippen LogP contribution in [0, 0.1) is 5.41 Å². The van der Waals surface area contributed by atoms with Gasteiger partial charge < -0.3 is 10.6 Å². The average Bonchev–Trinajstić information content (AvgIpc) is 2.36. The van der Waals surface area contributed by atoms with Crippen LogP contribution in [-0.2, 0) is 22.1 Å². The van der Waals surface area contributed by atoms with Crippen LogP contribution in [0.4, 0.5) is 0 Å². The molecule has 1 amide bonds. The van der Waals surface area contributed by atoms with Gasteiger partial charge in [-0.3, -0.25) is 9.00 Å². The van der Waals surface area contributed by atoms with E-state index < -0.39 is 16.8 Å². The molecule has 0 aliphatic heterocycles. The van der Waals surface area contributed by atoms with Gasteiger partial charge in [0.15, 0.2) is 0 Å². The van der Waals surface area contributed by atoms with Gasteiger partial charge in [0, 0.05) is 35.5 Å². The molecule has 0 heterocycles. The minimum atomic E-state index is -0.978. The van der Waals surface area contributed by atoms with Crippen LogP contribution in [0.2, 0.25) is 0 Å². The predicted molar refractivity (Wildman–Crippen MR) is 82.7 cm³/mol. The van der Waals surface area contributed by atoms with E-state index in [4.69, 9.17) is 5.73 Å². The summed E-state index contributed by atoms with van der Waals surface area (Å²) in [7, 11) is 0.771. The van der Waals surface area contributed by atoms with Crippen molar-refractivity contribution in [2.75, 3.05) is 13.3 Å². The molecular weight excluding hydrogens is 272 g/mol. The van der Waals surface area contributed by atoms with Gasteiger partial charge >= 0.3 is 0 Å². The molecule has 0 saturated heterocycles. The summed E-state index contributed by atoms with van der Waals surface area (Å²) >= 11 is 0. The lowest BCUT2D eigenvalue weighted by molar-refractivity contribution is -0.134. The number of amides is 1. The number of rotatable bonds is 4. The van der Waals surface area contributed by atoms with Crippen molar-refractivity contribution in [3.63, 3.8) is 0 Å². The van der Waals surface area contributed by atoms with E-state index in [1.165, 1.54) is 0 Å². The Morgan fingerprint density at radius 1 is 1.30 bits per heavy atom. The molecule has 5 heteroatoms. The van der Waals surface area contributed by atoms with Gasteiger partial charge in [-0.05, 0) is 23.1 Å². The van der Waals surface area contributed by atoms with Crippen LogP contribution in [-0.4, -0.2) is 34.4 Å². The smallest absolute Gasteiger partial charge is 0.240 e. The highest BCUT2D eigenvalue weighted by molar-refractivity contribution is 7.84. The van der Waals surface area contributed by atoms with E-state index in [-0.39, 0.29) is 11.3 Å². The highest BCUT2D eigenvalue weighted by Gasteiger charge is 2.29. The molecule has 0 aromatic heterocycles. The van der Waals surface area contributed by atoms with Crippen molar-refractivity contribution in [3.05, 3.63) is 29.8 Å². The maximum absolute atomic E-state index is 12.2. The Kier molecular flexibility index (Phi) is 5.48. The Morgan fingerprint density at radius 3 is 2.20 bits per heavy atom. The van der Waals surface area contributed by atoms with Gasteiger partial charge in [0.1, 0.15) is 0 Å². The molecule has 2 N–H and O–H groups in total. The molecule has 0 saturated carbocycles. The van der Waals surface area contributed by atoms with Crippen molar-refractivity contribution in [2.45, 2.75) is 38.3 Å². The lowest BCUT2D eigenvalue weighted by Crippen LogP contribution is -2.48. The third kappa shape index (κ3) is 4.42. The first-order valence-corrected chi connectivity index (χ1v) is 8.11. The molecule has 1 aromatic rings. The van der Waals surface area contributed by atoms with Gasteiger partial charge in [-0.1, -0.05) is 32.9 Å². The summed E-state index contributed by atoms with van der Waals surface area (Å²) in [4.78, 5) is 14.6. The Bertz CT molecular complexity index is 492. The molecule has 0 fully saturated rings. The monoisotopic (exact) mass is 296 g/mol. The number of nitrogens with zero attached hydrogens (tertiary/aromatic N) is 1. The molecule has 20 heavy (non-hydrogen) atoms. The van der Waals surface area contributed by atoms with Crippen LogP contribution in [0.25, 0.3) is 0 Å². The average molecular weight is 296 g/mol. The second kappa shape index (κ2) is 6.50. The summed E-state index contributed by atoms with van der Waals surface area (Å²) in [6, 6.07) is 6.92. The van der Waals surface area contributed by atoms with Crippen molar-refractivity contribution < 1.29 is 9.00 Å². The molecule has 1 aromatic carbocycles. The lowest BCUT2D eigenvalue weighted by Gasteiger charge is -2.30. The van der Waals surface area contributed by atoms with Crippen LogP contribution in [0.3, 0.4) is 0 Å². The molecule has 0 spiro atoms. The highest BCUT2D eigenvalue weighted by atomic mass is 32.2. The molecule has 1 unspecified atom stereocenters. The maximum Gasteiger partial charge on any atom is 0.240 e. The van der Waals surface area contributed by atoms with Gasteiger partial charge in [-0.15, -0.1) is 0 Å². The Labute approximate surface area is 123 Å². The van der Waals surface area contributed by atoms with Crippen LogP contribution in [0.5, 0.6) is 0 Å². The Hall–Kier alpha value is -1.20. The number of likely N-dealkylation sites (N-methyl/N-ethyl adjacent to an activating group) is 1. The van der Waals surface area contributed by atoms with Gasteiger partial charge in [-0.25, -0.2) is 0 Å². The van der Waals surface area contributed by atoms with Crippen molar-refractivity contribution in [1.29, 1.82) is 0 Å². The van der Waals surface area contributed by atoms with Crippen molar-refractivity contribution in [3.8, 4) is 0 Å². The second-order valence-electron chi connectivity index (χ2n) is 6.14. The fourth-order valence-electron chi connectivity index (χ4n) is 1.75. The molecule has 4 nitrogen and oxygen atoms in total. The molecule has 112 valence electrons. The number of carbonyl (C=O) groups excluding carboxylic acids is 1. The molecule has 1 rings (SSSR count). The molecule has 0 aliphatic carbocycles. The number of benzene rings is 1. The fraction of sp³-hybridized carbons (Fsp3) is 0.533. The Balaban J connectivity index is 2.73. The first kappa shape index (κ1) is 16.9. The van der Waals surface area contributed by atoms with E-state index in [2.05, 4.69) is 0 Å². The largest absolute Gasteiger partial charge is 0.340 e. The zero-order chi connectivity index (χ0) is 15.5. The summed E-state index contributed by atoms with van der Waals surface area (Å²) in [6.07, 6.45) is 1.65. The first-order chi connectivity index (χ1) is 9.12. The topological polar surface area (TPSA) is 63.4 Å². The molecular formula is C15H24N2O2S. The van der Waals surface area contributed by atoms with E-state index >= 15 is 0 Å². The van der Waals surface area contributed by atoms with E-state index in [1.54, 1.807) is 18.2 Å². The number of carbonyl (C=O) groups is 1. The van der Waals surface area contributed by atoms with E-state index in [0.717, 1.165) is 10.5 Å². The van der Waals surface area contributed by atoms with Crippen LogP contribution in [0.15, 0.2) is 29.2 Å². The molecule has 0 radical (unpaired) electrons. The molecule has 0 bridgehead atoms. The summed E-state index contributed by atoms with van der Waals surface area (Å²) in [5, 5.41) is 0. The second-order valence-corrected chi connectivity index (χ2v) is 7.52. The van der Waals surface area contributed by atoms with Crippen LogP contribution in [0.1, 0.15) is 26.3 Å². The van der Waals surface area contributed by atoms with Gasteiger partial charge in [-0.2, -0.15) is 0 Å². The quantitative estimate of drug-likeness (QED) is 0.921. The Morgan fingerprint density at radius 2 is 1.80 bits per heavy atom. The van der Waals surface area contributed by atoms with E-state index in [9.17, 15) is 9.00 Å². The molecule has 2 atom stereocenters. The number of nitrogens with two attached hydrogens (primary N) is 1. The van der Waals surface area contributed by atoms with Gasteiger partial charge in [0.2, 0.25) is 5.91 Å². The minimum Gasteiger partial charge on any atom is -0.340 e. The lowest BCUT2D eigenvalue weighted by atomic mass is 9.86. The standard InChI is InChI=1S/C15H24N2O2S/c1-15(2,3)13(16)14(18)17(4)10-11-6-8-12(9-7-11)20(5)19/h6-9,13H,10,16H2,1-5H3/t13-,20?/m1/s1. The van der Waals surface area contributed by atoms with Crippen molar-refractivity contribution in [2.24, 2.45) is 11.1 Å². The van der Waals surface area contributed by atoms with Gasteiger partial charge in [0.25, 0.3) is 0 Å². The summed E-state index contributed by atoms with van der Waals surface area (Å²) in [6.45, 7) is 6.36. The van der Waals surface area contributed by atoms with Crippen LogP contribution < -0.4 is 5.73 Å². The van der Waals surface area contributed by atoms with E-state index in [0.29, 0.717) is 6.54 Å². The predicted octanol–water partition coefficient (Wildman–Crippen LogP) is 1.76.